The van der Waals surface area contributed by atoms with Gasteiger partial charge in [0.15, 0.2) is 0 Å². The molecule has 2 aliphatic heterocycles. The summed E-state index contributed by atoms with van der Waals surface area (Å²) in [6, 6.07) is 0. The van der Waals surface area contributed by atoms with Gasteiger partial charge in [-0.15, -0.1) is 0 Å². The molecule has 4 heteroatoms. The van der Waals surface area contributed by atoms with Gasteiger partial charge in [-0.2, -0.15) is 5.10 Å². The summed E-state index contributed by atoms with van der Waals surface area (Å²) in [4.78, 5) is 2.58. The van der Waals surface area contributed by atoms with Crippen LogP contribution in [0.5, 0.6) is 0 Å². The lowest BCUT2D eigenvalue weighted by atomic mass is 9.83. The van der Waals surface area contributed by atoms with E-state index >= 15 is 0 Å². The number of hydrogen-bond donors (Lipinski definition) is 0. The van der Waals surface area contributed by atoms with Crippen molar-refractivity contribution in [1.29, 1.82) is 0 Å². The lowest BCUT2D eigenvalue weighted by Crippen LogP contribution is -2.42. The molecule has 20 heavy (non-hydrogen) atoms. The number of methoxy groups -OCH3 is 1. The average Bonchev–Trinajstić information content (AvgIpc) is 3.04. The van der Waals surface area contributed by atoms with E-state index < -0.39 is 0 Å². The molecule has 3 heterocycles. The smallest absolute Gasteiger partial charge is 0.0651 e. The summed E-state index contributed by atoms with van der Waals surface area (Å²) in [6.45, 7) is 9.00. The van der Waals surface area contributed by atoms with Gasteiger partial charge in [-0.1, -0.05) is 0 Å². The molecule has 4 nitrogen and oxygen atoms in total. The fourth-order valence-corrected chi connectivity index (χ4v) is 3.65. The number of likely N-dealkylation sites (tertiary alicyclic amines) is 1. The van der Waals surface area contributed by atoms with E-state index in [1.54, 1.807) is 0 Å². The van der Waals surface area contributed by atoms with Gasteiger partial charge in [0.2, 0.25) is 0 Å². The second-order valence-corrected chi connectivity index (χ2v) is 6.80. The summed E-state index contributed by atoms with van der Waals surface area (Å²) in [5.74, 6) is 0.682. The monoisotopic (exact) mass is 277 g/mol. The van der Waals surface area contributed by atoms with Crippen LogP contribution in [0.15, 0.2) is 6.20 Å². The van der Waals surface area contributed by atoms with Crippen molar-refractivity contribution in [2.75, 3.05) is 20.2 Å². The minimum atomic E-state index is 0.0189. The van der Waals surface area contributed by atoms with Gasteiger partial charge in [0.05, 0.1) is 11.8 Å². The standard InChI is InChI=1S/C16H27N3O/c1-16(2,20-3)14-6-9-18(10-7-14)12-13-11-17-19-8-4-5-15(13)19/h11,14H,4-10,12H2,1-3H3. The van der Waals surface area contributed by atoms with E-state index in [1.165, 1.54) is 50.0 Å². The van der Waals surface area contributed by atoms with E-state index in [-0.39, 0.29) is 5.60 Å². The van der Waals surface area contributed by atoms with Crippen LogP contribution in [0.2, 0.25) is 0 Å². The van der Waals surface area contributed by atoms with E-state index in [0.717, 1.165) is 13.1 Å². The van der Waals surface area contributed by atoms with Gasteiger partial charge in [0.25, 0.3) is 0 Å². The first-order chi connectivity index (χ1) is 9.60. The average molecular weight is 277 g/mol. The summed E-state index contributed by atoms with van der Waals surface area (Å²) < 4.78 is 7.84. The highest BCUT2D eigenvalue weighted by molar-refractivity contribution is 5.20. The van der Waals surface area contributed by atoms with Crippen molar-refractivity contribution in [2.24, 2.45) is 5.92 Å². The first kappa shape index (κ1) is 14.1. The molecule has 0 N–H and O–H groups in total. The number of aryl methyl sites for hydroxylation is 1. The quantitative estimate of drug-likeness (QED) is 0.847. The van der Waals surface area contributed by atoms with E-state index in [2.05, 4.69) is 34.7 Å². The molecule has 3 rings (SSSR count). The van der Waals surface area contributed by atoms with Crippen LogP contribution < -0.4 is 0 Å². The fraction of sp³-hybridized carbons (Fsp3) is 0.812. The second kappa shape index (κ2) is 5.49. The molecule has 0 bridgehead atoms. The molecule has 0 aliphatic carbocycles. The van der Waals surface area contributed by atoms with Crippen LogP contribution in [0.1, 0.15) is 44.4 Å². The van der Waals surface area contributed by atoms with Gasteiger partial charge in [-0.25, -0.2) is 0 Å². The van der Waals surface area contributed by atoms with Crippen molar-refractivity contribution in [1.82, 2.24) is 14.7 Å². The predicted octanol–water partition coefficient (Wildman–Crippen LogP) is 2.47. The van der Waals surface area contributed by atoms with E-state index in [9.17, 15) is 0 Å². The Morgan fingerprint density at radius 1 is 1.30 bits per heavy atom. The van der Waals surface area contributed by atoms with Crippen molar-refractivity contribution >= 4 is 0 Å². The third-order valence-electron chi connectivity index (χ3n) is 5.31. The molecule has 1 fully saturated rings. The predicted molar refractivity (Wildman–Crippen MR) is 79.6 cm³/mol. The van der Waals surface area contributed by atoms with E-state index in [0.29, 0.717) is 5.92 Å². The van der Waals surface area contributed by atoms with Gasteiger partial charge in [-0.3, -0.25) is 9.58 Å². The lowest BCUT2D eigenvalue weighted by Gasteiger charge is -2.39. The van der Waals surface area contributed by atoms with Gasteiger partial charge in [-0.05, 0) is 58.5 Å². The Labute approximate surface area is 122 Å². The van der Waals surface area contributed by atoms with Crippen molar-refractivity contribution in [2.45, 2.75) is 58.2 Å². The minimum Gasteiger partial charge on any atom is -0.379 e. The summed E-state index contributed by atoms with van der Waals surface area (Å²) >= 11 is 0. The van der Waals surface area contributed by atoms with Crippen LogP contribution in [0.3, 0.4) is 0 Å². The molecule has 0 amide bonds. The zero-order valence-electron chi connectivity index (χ0n) is 13.1. The van der Waals surface area contributed by atoms with Crippen LogP contribution in [-0.2, 0) is 24.2 Å². The Morgan fingerprint density at radius 3 is 2.75 bits per heavy atom. The molecule has 0 unspecified atom stereocenters. The Balaban J connectivity index is 1.56. The normalized spacial score (nSPS) is 21.4. The number of hydrogen-bond acceptors (Lipinski definition) is 3. The molecule has 0 atom stereocenters. The SMILES string of the molecule is COC(C)(C)C1CCN(Cc2cnn3c2CCC3)CC1. The third-order valence-corrected chi connectivity index (χ3v) is 5.31. The summed E-state index contributed by atoms with van der Waals surface area (Å²) in [6.07, 6.45) is 7.04. The molecule has 0 spiro atoms. The first-order valence-corrected chi connectivity index (χ1v) is 7.91. The van der Waals surface area contributed by atoms with Gasteiger partial charge in [0, 0.05) is 31.5 Å². The number of fused-ring (bicyclic) bond motifs is 1. The van der Waals surface area contributed by atoms with E-state index in [4.69, 9.17) is 4.74 Å². The summed E-state index contributed by atoms with van der Waals surface area (Å²) in [7, 11) is 1.84. The fourth-order valence-electron chi connectivity index (χ4n) is 3.65. The number of rotatable bonds is 4. The molecule has 1 aromatic rings. The maximum atomic E-state index is 5.65. The molecule has 0 radical (unpaired) electrons. The van der Waals surface area contributed by atoms with Crippen LogP contribution in [-0.4, -0.2) is 40.5 Å². The molecule has 112 valence electrons. The molecular weight excluding hydrogens is 250 g/mol. The van der Waals surface area contributed by atoms with Crippen LogP contribution in [0, 0.1) is 5.92 Å². The highest BCUT2D eigenvalue weighted by Crippen LogP contribution is 2.31. The van der Waals surface area contributed by atoms with Crippen LogP contribution in [0.4, 0.5) is 0 Å². The van der Waals surface area contributed by atoms with Crippen molar-refractivity contribution < 1.29 is 4.74 Å². The van der Waals surface area contributed by atoms with Crippen LogP contribution >= 0.6 is 0 Å². The third kappa shape index (κ3) is 2.63. The molecule has 1 aromatic heterocycles. The van der Waals surface area contributed by atoms with Crippen molar-refractivity contribution in [3.8, 4) is 0 Å². The molecular formula is C16H27N3O. The Kier molecular flexibility index (Phi) is 3.87. The minimum absolute atomic E-state index is 0.0189. The van der Waals surface area contributed by atoms with E-state index in [1.807, 2.05) is 7.11 Å². The summed E-state index contributed by atoms with van der Waals surface area (Å²) in [5, 5.41) is 4.50. The van der Waals surface area contributed by atoms with Gasteiger partial charge in [0.1, 0.15) is 0 Å². The molecule has 0 saturated carbocycles. The maximum Gasteiger partial charge on any atom is 0.0651 e. The Bertz CT molecular complexity index is 458. The number of aromatic nitrogens is 2. The van der Waals surface area contributed by atoms with Crippen molar-refractivity contribution in [3.63, 3.8) is 0 Å². The Hall–Kier alpha value is -0.870. The van der Waals surface area contributed by atoms with Crippen LogP contribution in [0.25, 0.3) is 0 Å². The molecule has 2 aliphatic rings. The van der Waals surface area contributed by atoms with Gasteiger partial charge >= 0.3 is 0 Å². The number of piperidine rings is 1. The van der Waals surface area contributed by atoms with Gasteiger partial charge < -0.3 is 4.74 Å². The lowest BCUT2D eigenvalue weighted by molar-refractivity contribution is -0.0493. The zero-order valence-corrected chi connectivity index (χ0v) is 13.1. The largest absolute Gasteiger partial charge is 0.379 e. The number of nitrogens with zero attached hydrogens (tertiary/aromatic N) is 3. The first-order valence-electron chi connectivity index (χ1n) is 7.91. The molecule has 1 saturated heterocycles. The summed E-state index contributed by atoms with van der Waals surface area (Å²) in [5.41, 5.74) is 2.95. The van der Waals surface area contributed by atoms with Crippen molar-refractivity contribution in [3.05, 3.63) is 17.5 Å². The second-order valence-electron chi connectivity index (χ2n) is 6.80. The molecule has 0 aromatic carbocycles. The highest BCUT2D eigenvalue weighted by Gasteiger charge is 2.32. The topological polar surface area (TPSA) is 30.3 Å². The Morgan fingerprint density at radius 2 is 2.05 bits per heavy atom. The maximum absolute atomic E-state index is 5.65. The number of ether oxygens (including phenoxy) is 1. The zero-order chi connectivity index (χ0) is 14.2. The highest BCUT2D eigenvalue weighted by atomic mass is 16.5.